The second-order valence-electron chi connectivity index (χ2n) is 2.72. The molecule has 0 aromatic heterocycles. The summed E-state index contributed by atoms with van der Waals surface area (Å²) in [7, 11) is 1.65. The molecular formula is C10H10O2. The number of hydrogen-bond acceptors (Lipinski definition) is 2. The molecule has 2 rings (SSSR count). The number of benzene rings is 1. The summed E-state index contributed by atoms with van der Waals surface area (Å²) < 4.78 is 10.6. The van der Waals surface area contributed by atoms with Gasteiger partial charge in [0.15, 0.2) is 0 Å². The zero-order valence-electron chi connectivity index (χ0n) is 6.91. The Labute approximate surface area is 71.4 Å². The molecule has 0 radical (unpaired) electrons. The fraction of sp³-hybridized carbons (Fsp3) is 0.200. The van der Waals surface area contributed by atoms with Crippen molar-refractivity contribution in [3.05, 3.63) is 42.2 Å². The molecule has 1 aromatic carbocycles. The maximum Gasteiger partial charge on any atom is 0.143 e. The first-order valence-electron chi connectivity index (χ1n) is 3.81. The molecule has 0 fully saturated rings. The van der Waals surface area contributed by atoms with E-state index in [1.54, 1.807) is 7.11 Å². The average Bonchev–Trinajstić information content (AvgIpc) is 2.40. The molecule has 0 bridgehead atoms. The van der Waals surface area contributed by atoms with E-state index in [1.807, 2.05) is 24.3 Å². The van der Waals surface area contributed by atoms with Crippen LogP contribution in [0.4, 0.5) is 0 Å². The van der Waals surface area contributed by atoms with Crippen LogP contribution in [0.3, 0.4) is 0 Å². The molecule has 1 aliphatic rings. The van der Waals surface area contributed by atoms with Gasteiger partial charge in [-0.2, -0.15) is 0 Å². The first kappa shape index (κ1) is 7.37. The third-order valence-corrected chi connectivity index (χ3v) is 1.97. The molecule has 0 saturated heterocycles. The van der Waals surface area contributed by atoms with Gasteiger partial charge in [0, 0.05) is 12.7 Å². The first-order valence-corrected chi connectivity index (χ1v) is 3.81. The number of hydrogen-bond donors (Lipinski definition) is 0. The Balaban J connectivity index is 2.47. The van der Waals surface area contributed by atoms with Gasteiger partial charge in [0.1, 0.15) is 17.6 Å². The molecule has 0 amide bonds. The number of rotatable bonds is 1. The van der Waals surface area contributed by atoms with E-state index in [4.69, 9.17) is 9.47 Å². The van der Waals surface area contributed by atoms with E-state index in [1.165, 1.54) is 0 Å². The second-order valence-corrected chi connectivity index (χ2v) is 2.72. The Morgan fingerprint density at radius 1 is 1.42 bits per heavy atom. The van der Waals surface area contributed by atoms with Crippen LogP contribution in [0, 0.1) is 0 Å². The maximum absolute atomic E-state index is 5.39. The van der Waals surface area contributed by atoms with Crippen molar-refractivity contribution < 1.29 is 9.47 Å². The molecular weight excluding hydrogens is 152 g/mol. The molecule has 0 saturated carbocycles. The fourth-order valence-corrected chi connectivity index (χ4v) is 1.42. The van der Waals surface area contributed by atoms with Crippen LogP contribution in [0.15, 0.2) is 36.6 Å². The van der Waals surface area contributed by atoms with Crippen molar-refractivity contribution in [1.82, 2.24) is 0 Å². The summed E-state index contributed by atoms with van der Waals surface area (Å²) in [4.78, 5) is 0. The van der Waals surface area contributed by atoms with E-state index < -0.39 is 0 Å². The minimum absolute atomic E-state index is 0.0961. The summed E-state index contributed by atoms with van der Waals surface area (Å²) in [5.41, 5.74) is 1.06. The standard InChI is InChI=1S/C10H10O2/c1-7-10(11-2)8-5-3-4-6-9(8)12-7/h3-6,10H,1H2,2H3. The van der Waals surface area contributed by atoms with Gasteiger partial charge in [-0.1, -0.05) is 24.8 Å². The summed E-state index contributed by atoms with van der Waals surface area (Å²) in [5, 5.41) is 0. The van der Waals surface area contributed by atoms with Gasteiger partial charge in [0.05, 0.1) is 0 Å². The third-order valence-electron chi connectivity index (χ3n) is 1.97. The van der Waals surface area contributed by atoms with E-state index >= 15 is 0 Å². The van der Waals surface area contributed by atoms with Gasteiger partial charge in [-0.25, -0.2) is 0 Å². The third kappa shape index (κ3) is 0.924. The lowest BCUT2D eigenvalue weighted by Gasteiger charge is -2.05. The monoisotopic (exact) mass is 162 g/mol. The van der Waals surface area contributed by atoms with E-state index in [9.17, 15) is 0 Å². The summed E-state index contributed by atoms with van der Waals surface area (Å²) >= 11 is 0. The van der Waals surface area contributed by atoms with Crippen LogP contribution in [0.5, 0.6) is 5.75 Å². The lowest BCUT2D eigenvalue weighted by atomic mass is 10.1. The molecule has 0 spiro atoms. The number of methoxy groups -OCH3 is 1. The molecule has 1 heterocycles. The largest absolute Gasteiger partial charge is 0.459 e. The van der Waals surface area contributed by atoms with Crippen molar-refractivity contribution in [3.8, 4) is 5.75 Å². The van der Waals surface area contributed by atoms with Crippen LogP contribution in [0.25, 0.3) is 0 Å². The highest BCUT2D eigenvalue weighted by Gasteiger charge is 2.27. The van der Waals surface area contributed by atoms with Gasteiger partial charge in [0.25, 0.3) is 0 Å². The van der Waals surface area contributed by atoms with Gasteiger partial charge < -0.3 is 9.47 Å². The van der Waals surface area contributed by atoms with Crippen molar-refractivity contribution in [1.29, 1.82) is 0 Å². The van der Waals surface area contributed by atoms with Crippen LogP contribution in [-0.2, 0) is 4.74 Å². The highest BCUT2D eigenvalue weighted by molar-refractivity contribution is 5.43. The van der Waals surface area contributed by atoms with Crippen LogP contribution < -0.4 is 4.74 Å². The van der Waals surface area contributed by atoms with Crippen molar-refractivity contribution >= 4 is 0 Å². The number of fused-ring (bicyclic) bond motifs is 1. The van der Waals surface area contributed by atoms with Gasteiger partial charge in [-0.3, -0.25) is 0 Å². The average molecular weight is 162 g/mol. The van der Waals surface area contributed by atoms with E-state index in [0.717, 1.165) is 11.3 Å². The normalized spacial score (nSPS) is 20.4. The summed E-state index contributed by atoms with van der Waals surface area (Å²) in [6, 6.07) is 7.80. The van der Waals surface area contributed by atoms with Crippen molar-refractivity contribution in [2.24, 2.45) is 0 Å². The molecule has 62 valence electrons. The predicted molar refractivity (Wildman–Crippen MR) is 46.0 cm³/mol. The van der Waals surface area contributed by atoms with Crippen molar-refractivity contribution in [2.75, 3.05) is 7.11 Å². The van der Waals surface area contributed by atoms with E-state index in [0.29, 0.717) is 5.76 Å². The molecule has 1 aromatic rings. The quantitative estimate of drug-likeness (QED) is 0.630. The molecule has 2 nitrogen and oxygen atoms in total. The highest BCUT2D eigenvalue weighted by Crippen LogP contribution is 2.39. The van der Waals surface area contributed by atoms with Crippen LogP contribution >= 0.6 is 0 Å². The molecule has 1 unspecified atom stereocenters. The fourth-order valence-electron chi connectivity index (χ4n) is 1.42. The summed E-state index contributed by atoms with van der Waals surface area (Å²) in [6.07, 6.45) is -0.0961. The highest BCUT2D eigenvalue weighted by atomic mass is 16.5. The molecule has 12 heavy (non-hydrogen) atoms. The van der Waals surface area contributed by atoms with Crippen molar-refractivity contribution in [2.45, 2.75) is 6.10 Å². The second kappa shape index (κ2) is 2.64. The van der Waals surface area contributed by atoms with Crippen LogP contribution in [0.2, 0.25) is 0 Å². The Hall–Kier alpha value is -1.28. The Bertz CT molecular complexity index is 317. The first-order chi connectivity index (χ1) is 5.83. The zero-order chi connectivity index (χ0) is 8.55. The number of para-hydroxylation sites is 1. The Morgan fingerprint density at radius 2 is 2.17 bits per heavy atom. The predicted octanol–water partition coefficient (Wildman–Crippen LogP) is 2.28. The Morgan fingerprint density at radius 3 is 2.92 bits per heavy atom. The topological polar surface area (TPSA) is 18.5 Å². The van der Waals surface area contributed by atoms with Gasteiger partial charge >= 0.3 is 0 Å². The van der Waals surface area contributed by atoms with Gasteiger partial charge in [-0.05, 0) is 6.07 Å². The van der Waals surface area contributed by atoms with E-state index in [2.05, 4.69) is 6.58 Å². The molecule has 1 aliphatic heterocycles. The lowest BCUT2D eigenvalue weighted by Crippen LogP contribution is -1.98. The molecule has 0 aliphatic carbocycles. The molecule has 2 heteroatoms. The molecule has 0 N–H and O–H groups in total. The van der Waals surface area contributed by atoms with E-state index in [-0.39, 0.29) is 6.10 Å². The SMILES string of the molecule is C=C1Oc2ccccc2C1OC. The Kier molecular flexibility index (Phi) is 1.62. The van der Waals surface area contributed by atoms with Gasteiger partial charge in [0.2, 0.25) is 0 Å². The summed E-state index contributed by atoms with van der Waals surface area (Å²) in [5.74, 6) is 1.52. The van der Waals surface area contributed by atoms with Gasteiger partial charge in [-0.15, -0.1) is 0 Å². The minimum atomic E-state index is -0.0961. The van der Waals surface area contributed by atoms with Crippen molar-refractivity contribution in [3.63, 3.8) is 0 Å². The maximum atomic E-state index is 5.39. The zero-order valence-corrected chi connectivity index (χ0v) is 6.91. The van der Waals surface area contributed by atoms with Crippen LogP contribution in [-0.4, -0.2) is 7.11 Å². The number of ether oxygens (including phenoxy) is 2. The summed E-state index contributed by atoms with van der Waals surface area (Å²) in [6.45, 7) is 3.77. The van der Waals surface area contributed by atoms with Crippen LogP contribution in [0.1, 0.15) is 11.7 Å². The molecule has 1 atom stereocenters. The smallest absolute Gasteiger partial charge is 0.143 e. The lowest BCUT2D eigenvalue weighted by molar-refractivity contribution is 0.119. The minimum Gasteiger partial charge on any atom is -0.459 e.